The minimum atomic E-state index is -1.27. The Morgan fingerprint density at radius 2 is 2.05 bits per heavy atom. The number of carbonyl (C=O) groups excluding carboxylic acids is 1. The molecule has 7 nitrogen and oxygen atoms in total. The van der Waals surface area contributed by atoms with Crippen LogP contribution in [0.5, 0.6) is 0 Å². The first-order chi connectivity index (χ1) is 9.51. The molecule has 7 heteroatoms. The van der Waals surface area contributed by atoms with Crippen molar-refractivity contribution in [1.82, 2.24) is 9.55 Å². The van der Waals surface area contributed by atoms with Crippen molar-refractivity contribution in [3.05, 3.63) is 46.5 Å². The number of benzene rings is 1. The fourth-order valence-corrected chi connectivity index (χ4v) is 2.07. The number of hydrogen-bond donors (Lipinski definition) is 3. The molecule has 102 valence electrons. The molecule has 1 aromatic heterocycles. The summed E-state index contributed by atoms with van der Waals surface area (Å²) in [5, 5.41) is 2.92. The number of nitrogens with zero attached hydrogens (tertiary/aromatic N) is 2. The van der Waals surface area contributed by atoms with E-state index in [1.807, 2.05) is 18.2 Å². The molecule has 3 rings (SSSR count). The van der Waals surface area contributed by atoms with E-state index < -0.39 is 11.6 Å². The average molecular weight is 271 g/mol. The summed E-state index contributed by atoms with van der Waals surface area (Å²) in [7, 11) is 0. The number of amides is 1. The lowest BCUT2D eigenvalue weighted by Gasteiger charge is -2.27. The largest absolute Gasteiger partial charge is 0.366 e. The number of rotatable bonds is 2. The number of para-hydroxylation sites is 1. The van der Waals surface area contributed by atoms with Crippen molar-refractivity contribution >= 4 is 17.9 Å². The first kappa shape index (κ1) is 12.2. The molecule has 0 spiro atoms. The van der Waals surface area contributed by atoms with Gasteiger partial charge in [0.05, 0.1) is 11.9 Å². The van der Waals surface area contributed by atoms with Crippen LogP contribution >= 0.6 is 0 Å². The highest BCUT2D eigenvalue weighted by molar-refractivity contribution is 5.96. The number of nitrogens with two attached hydrogens (primary N) is 1. The van der Waals surface area contributed by atoms with Crippen molar-refractivity contribution in [2.24, 2.45) is 10.7 Å². The predicted octanol–water partition coefficient (Wildman–Crippen LogP) is 0.211. The molecule has 0 radical (unpaired) electrons. The van der Waals surface area contributed by atoms with E-state index in [4.69, 9.17) is 5.73 Å². The third-order valence-corrected chi connectivity index (χ3v) is 3.23. The number of primary amides is 1. The van der Waals surface area contributed by atoms with Crippen molar-refractivity contribution in [1.29, 1.82) is 0 Å². The third kappa shape index (κ3) is 1.71. The number of imidazole rings is 1. The number of aromatic nitrogens is 2. The highest BCUT2D eigenvalue weighted by Gasteiger charge is 2.35. The van der Waals surface area contributed by atoms with E-state index in [0.717, 1.165) is 0 Å². The molecule has 0 saturated carbocycles. The molecule has 0 saturated heterocycles. The zero-order valence-corrected chi connectivity index (χ0v) is 10.8. The van der Waals surface area contributed by atoms with E-state index in [0.29, 0.717) is 17.2 Å². The Morgan fingerprint density at radius 3 is 2.70 bits per heavy atom. The monoisotopic (exact) mass is 271 g/mol. The van der Waals surface area contributed by atoms with Gasteiger partial charge in [-0.15, -0.1) is 0 Å². The second-order valence-corrected chi connectivity index (χ2v) is 4.68. The predicted molar refractivity (Wildman–Crippen MR) is 75.2 cm³/mol. The Labute approximate surface area is 114 Å². The Morgan fingerprint density at radius 1 is 1.35 bits per heavy atom. The summed E-state index contributed by atoms with van der Waals surface area (Å²) in [4.78, 5) is 30.3. The van der Waals surface area contributed by atoms with Crippen LogP contribution in [0.2, 0.25) is 0 Å². The van der Waals surface area contributed by atoms with Gasteiger partial charge in [0.15, 0.2) is 0 Å². The van der Waals surface area contributed by atoms with Gasteiger partial charge in [0.2, 0.25) is 5.66 Å². The van der Waals surface area contributed by atoms with Gasteiger partial charge >= 0.3 is 5.69 Å². The highest BCUT2D eigenvalue weighted by Crippen LogP contribution is 2.25. The van der Waals surface area contributed by atoms with Crippen LogP contribution < -0.4 is 16.7 Å². The lowest BCUT2D eigenvalue weighted by molar-refractivity contribution is -0.121. The fraction of sp³-hybridized carbons (Fsp3) is 0.154. The summed E-state index contributed by atoms with van der Waals surface area (Å²) in [6.07, 6.45) is 1.44. The van der Waals surface area contributed by atoms with Gasteiger partial charge in [-0.3, -0.25) is 9.79 Å². The molecule has 2 aromatic rings. The molecule has 20 heavy (non-hydrogen) atoms. The molecule has 1 aliphatic heterocycles. The van der Waals surface area contributed by atoms with Crippen LogP contribution in [-0.4, -0.2) is 27.3 Å². The van der Waals surface area contributed by atoms with Crippen molar-refractivity contribution in [2.45, 2.75) is 12.6 Å². The molecule has 1 atom stereocenters. The van der Waals surface area contributed by atoms with E-state index in [-0.39, 0.29) is 5.69 Å². The molecule has 1 unspecified atom stereocenters. The molecule has 1 aliphatic rings. The zero-order valence-electron chi connectivity index (χ0n) is 10.8. The maximum atomic E-state index is 12.1. The van der Waals surface area contributed by atoms with Crippen LogP contribution in [0.15, 0.2) is 40.1 Å². The van der Waals surface area contributed by atoms with Gasteiger partial charge in [0.25, 0.3) is 5.91 Å². The van der Waals surface area contributed by atoms with E-state index in [1.165, 1.54) is 10.8 Å². The molecular weight excluding hydrogens is 258 g/mol. The van der Waals surface area contributed by atoms with Crippen molar-refractivity contribution in [2.75, 3.05) is 5.32 Å². The quantitative estimate of drug-likeness (QED) is 0.727. The van der Waals surface area contributed by atoms with Crippen molar-refractivity contribution in [3.8, 4) is 5.69 Å². The second-order valence-electron chi connectivity index (χ2n) is 4.68. The number of fused-ring (bicyclic) bond motifs is 1. The lowest BCUT2D eigenvalue weighted by Crippen LogP contribution is -2.48. The number of carbonyl (C=O) groups is 1. The standard InChI is InChI=1S/C13H13N5O2/c1-13(11(14)19)15-7-9-10(17-13)18(12(20)16-9)8-5-3-2-4-6-8/h2-7,17H,1H3,(H2,14,19)(H,16,20). The second kappa shape index (κ2) is 4.09. The lowest BCUT2D eigenvalue weighted by atomic mass is 10.1. The molecule has 4 N–H and O–H groups in total. The van der Waals surface area contributed by atoms with Gasteiger partial charge in [-0.05, 0) is 19.1 Å². The van der Waals surface area contributed by atoms with Gasteiger partial charge in [-0.1, -0.05) is 18.2 Å². The zero-order chi connectivity index (χ0) is 14.3. The summed E-state index contributed by atoms with van der Waals surface area (Å²) >= 11 is 0. The van der Waals surface area contributed by atoms with E-state index in [2.05, 4.69) is 15.3 Å². The maximum absolute atomic E-state index is 12.1. The van der Waals surface area contributed by atoms with Crippen LogP contribution in [0.1, 0.15) is 12.6 Å². The molecule has 2 heterocycles. The van der Waals surface area contributed by atoms with Crippen molar-refractivity contribution < 1.29 is 4.79 Å². The Balaban J connectivity index is 2.18. The summed E-state index contributed by atoms with van der Waals surface area (Å²) in [5.74, 6) is -0.148. The Kier molecular flexibility index (Phi) is 2.50. The Hall–Kier alpha value is -2.83. The maximum Gasteiger partial charge on any atom is 0.332 e. The van der Waals surface area contributed by atoms with Gasteiger partial charge in [-0.2, -0.15) is 0 Å². The minimum Gasteiger partial charge on any atom is -0.366 e. The minimum absolute atomic E-state index is 0.311. The van der Waals surface area contributed by atoms with Crippen LogP contribution in [0.25, 0.3) is 5.69 Å². The van der Waals surface area contributed by atoms with Gasteiger partial charge < -0.3 is 16.0 Å². The van der Waals surface area contributed by atoms with Crippen LogP contribution in [0, 0.1) is 0 Å². The molecular formula is C13H13N5O2. The summed E-state index contributed by atoms with van der Waals surface area (Å²) < 4.78 is 1.45. The number of aromatic amines is 1. The Bertz CT molecular complexity index is 759. The normalized spacial score (nSPS) is 20.2. The van der Waals surface area contributed by atoms with E-state index in [9.17, 15) is 9.59 Å². The van der Waals surface area contributed by atoms with Gasteiger partial charge in [0.1, 0.15) is 11.5 Å². The van der Waals surface area contributed by atoms with Crippen LogP contribution in [0.4, 0.5) is 5.82 Å². The SMILES string of the molecule is CC1(C(N)=O)N=Cc2[nH]c(=O)n(-c3ccccc3)c2N1. The van der Waals surface area contributed by atoms with E-state index in [1.54, 1.807) is 19.1 Å². The highest BCUT2D eigenvalue weighted by atomic mass is 16.2. The summed E-state index contributed by atoms with van der Waals surface area (Å²) in [5.41, 5.74) is 4.96. The van der Waals surface area contributed by atoms with Crippen LogP contribution in [0.3, 0.4) is 0 Å². The summed E-state index contributed by atoms with van der Waals surface area (Å²) in [6.45, 7) is 1.56. The fourth-order valence-electron chi connectivity index (χ4n) is 2.07. The third-order valence-electron chi connectivity index (χ3n) is 3.23. The number of nitrogens with one attached hydrogen (secondary N) is 2. The number of aliphatic imine (C=N–C) groups is 1. The van der Waals surface area contributed by atoms with E-state index >= 15 is 0 Å². The van der Waals surface area contributed by atoms with Crippen molar-refractivity contribution in [3.63, 3.8) is 0 Å². The number of anilines is 1. The number of hydrogen-bond acceptors (Lipinski definition) is 4. The molecule has 0 bridgehead atoms. The van der Waals surface area contributed by atoms with Gasteiger partial charge in [-0.25, -0.2) is 9.36 Å². The molecule has 1 aromatic carbocycles. The molecule has 0 aliphatic carbocycles. The smallest absolute Gasteiger partial charge is 0.332 e. The average Bonchev–Trinajstić information content (AvgIpc) is 2.74. The molecule has 0 fully saturated rings. The molecule has 1 amide bonds. The first-order valence-electron chi connectivity index (χ1n) is 6.05. The topological polar surface area (TPSA) is 105 Å². The first-order valence-corrected chi connectivity index (χ1v) is 6.05. The number of H-pyrrole nitrogens is 1. The van der Waals surface area contributed by atoms with Crippen LogP contribution in [-0.2, 0) is 4.79 Å². The van der Waals surface area contributed by atoms with Gasteiger partial charge in [0, 0.05) is 0 Å². The summed E-state index contributed by atoms with van der Waals surface area (Å²) in [6, 6.07) is 9.10.